The molecule has 1 saturated heterocycles. The summed E-state index contributed by atoms with van der Waals surface area (Å²) in [4.78, 5) is 14.6. The molecule has 1 aromatic carbocycles. The van der Waals surface area contributed by atoms with Gasteiger partial charge in [0.1, 0.15) is 5.01 Å². The molecule has 1 fully saturated rings. The summed E-state index contributed by atoms with van der Waals surface area (Å²) < 4.78 is 0.810. The van der Waals surface area contributed by atoms with E-state index in [4.69, 9.17) is 11.6 Å². The molecule has 1 amide bonds. The Labute approximate surface area is 154 Å². The highest BCUT2D eigenvalue weighted by Crippen LogP contribution is 2.31. The molecule has 1 aliphatic heterocycles. The topological polar surface area (TPSA) is 58.1 Å². The molecule has 3 rings (SSSR count). The van der Waals surface area contributed by atoms with Crippen LogP contribution < -0.4 is 10.2 Å². The van der Waals surface area contributed by atoms with Crippen molar-refractivity contribution in [3.63, 3.8) is 0 Å². The van der Waals surface area contributed by atoms with Crippen LogP contribution in [0.4, 0.5) is 11.4 Å². The first-order valence-corrected chi connectivity index (χ1v) is 10.1. The average molecular weight is 383 g/mol. The average Bonchev–Trinajstić information content (AvgIpc) is 2.99. The van der Waals surface area contributed by atoms with E-state index in [1.807, 2.05) is 25.1 Å². The molecule has 0 atom stereocenters. The number of hydrogen-bond acceptors (Lipinski definition) is 6. The fraction of sp³-hybridized carbons (Fsp3) is 0.438. The van der Waals surface area contributed by atoms with Gasteiger partial charge in [0.05, 0.1) is 17.1 Å². The van der Waals surface area contributed by atoms with Crippen molar-refractivity contribution in [3.8, 4) is 0 Å². The Balaban J connectivity index is 1.66. The number of aryl methyl sites for hydroxylation is 1. The smallest absolute Gasteiger partial charge is 0.234 e. The van der Waals surface area contributed by atoms with Crippen LogP contribution in [-0.4, -0.2) is 34.9 Å². The Kier molecular flexibility index (Phi) is 5.97. The number of halogens is 1. The first kappa shape index (κ1) is 17.5. The lowest BCUT2D eigenvalue weighted by Crippen LogP contribution is -2.30. The Morgan fingerprint density at radius 2 is 2.12 bits per heavy atom. The predicted octanol–water partition coefficient (Wildman–Crippen LogP) is 4.22. The summed E-state index contributed by atoms with van der Waals surface area (Å²) in [6, 6.07) is 5.69. The minimum atomic E-state index is -0.0617. The standard InChI is InChI=1S/C16H19ClN4OS2/c1-11-19-20-16(24-11)23-10-15(22)18-13-9-12(17)5-6-14(13)21-7-3-2-4-8-21/h5-6,9H,2-4,7-8,10H2,1H3,(H,18,22). The van der Waals surface area contributed by atoms with Crippen LogP contribution in [0, 0.1) is 6.92 Å². The summed E-state index contributed by atoms with van der Waals surface area (Å²) in [7, 11) is 0. The van der Waals surface area contributed by atoms with E-state index in [0.717, 1.165) is 33.8 Å². The molecule has 1 aromatic heterocycles. The third-order valence-corrected chi connectivity index (χ3v) is 5.97. The molecule has 1 aliphatic rings. The number of piperidine rings is 1. The van der Waals surface area contributed by atoms with Crippen LogP contribution >= 0.6 is 34.7 Å². The molecule has 0 aliphatic carbocycles. The number of carbonyl (C=O) groups excluding carboxylic acids is 1. The van der Waals surface area contributed by atoms with E-state index < -0.39 is 0 Å². The van der Waals surface area contributed by atoms with Crippen molar-refractivity contribution in [2.45, 2.75) is 30.5 Å². The number of anilines is 2. The molecule has 24 heavy (non-hydrogen) atoms. The Morgan fingerprint density at radius 1 is 1.33 bits per heavy atom. The van der Waals surface area contributed by atoms with Gasteiger partial charge >= 0.3 is 0 Å². The molecular formula is C16H19ClN4OS2. The van der Waals surface area contributed by atoms with Crippen molar-refractivity contribution in [1.29, 1.82) is 0 Å². The van der Waals surface area contributed by atoms with Crippen LogP contribution in [0.15, 0.2) is 22.5 Å². The third kappa shape index (κ3) is 4.62. The first-order chi connectivity index (χ1) is 11.6. The highest BCUT2D eigenvalue weighted by atomic mass is 35.5. The maximum Gasteiger partial charge on any atom is 0.234 e. The third-order valence-electron chi connectivity index (χ3n) is 3.76. The van der Waals surface area contributed by atoms with E-state index in [0.29, 0.717) is 10.8 Å². The van der Waals surface area contributed by atoms with Gasteiger partial charge in [-0.25, -0.2) is 0 Å². The largest absolute Gasteiger partial charge is 0.370 e. The van der Waals surface area contributed by atoms with E-state index in [2.05, 4.69) is 20.4 Å². The zero-order chi connectivity index (χ0) is 16.9. The number of aromatic nitrogens is 2. The van der Waals surface area contributed by atoms with Gasteiger partial charge < -0.3 is 10.2 Å². The molecule has 0 bridgehead atoms. The summed E-state index contributed by atoms with van der Waals surface area (Å²) in [6.45, 7) is 3.94. The number of thioether (sulfide) groups is 1. The maximum atomic E-state index is 12.3. The lowest BCUT2D eigenvalue weighted by atomic mass is 10.1. The fourth-order valence-corrected chi connectivity index (χ4v) is 4.46. The van der Waals surface area contributed by atoms with Gasteiger partial charge in [-0.2, -0.15) is 0 Å². The predicted molar refractivity (Wildman–Crippen MR) is 102 cm³/mol. The quantitative estimate of drug-likeness (QED) is 0.784. The minimum absolute atomic E-state index is 0.0617. The first-order valence-electron chi connectivity index (χ1n) is 7.89. The number of benzene rings is 1. The highest BCUT2D eigenvalue weighted by Gasteiger charge is 2.16. The summed E-state index contributed by atoms with van der Waals surface area (Å²) in [5.41, 5.74) is 1.83. The minimum Gasteiger partial charge on any atom is -0.370 e. The molecule has 128 valence electrons. The second kappa shape index (κ2) is 8.18. The Hall–Kier alpha value is -1.31. The van der Waals surface area contributed by atoms with Crippen LogP contribution in [0.3, 0.4) is 0 Å². The summed E-state index contributed by atoms with van der Waals surface area (Å²) in [5, 5.41) is 12.5. The Bertz CT molecular complexity index is 716. The van der Waals surface area contributed by atoms with Gasteiger partial charge in [-0.1, -0.05) is 34.7 Å². The van der Waals surface area contributed by atoms with E-state index in [1.165, 1.54) is 42.4 Å². The van der Waals surface area contributed by atoms with Crippen LogP contribution in [0.25, 0.3) is 0 Å². The van der Waals surface area contributed by atoms with Crippen LogP contribution in [-0.2, 0) is 4.79 Å². The van der Waals surface area contributed by atoms with Gasteiger partial charge in [-0.05, 0) is 44.4 Å². The molecule has 0 spiro atoms. The second-order valence-corrected chi connectivity index (χ2v) is 8.47. The van der Waals surface area contributed by atoms with Crippen molar-refractivity contribution >= 4 is 52.0 Å². The number of nitrogens with zero attached hydrogens (tertiary/aromatic N) is 3. The highest BCUT2D eigenvalue weighted by molar-refractivity contribution is 8.01. The van der Waals surface area contributed by atoms with Gasteiger partial charge in [-0.3, -0.25) is 4.79 Å². The molecule has 5 nitrogen and oxygen atoms in total. The lowest BCUT2D eigenvalue weighted by molar-refractivity contribution is -0.113. The van der Waals surface area contributed by atoms with Gasteiger partial charge in [0.15, 0.2) is 4.34 Å². The molecule has 2 heterocycles. The van der Waals surface area contributed by atoms with Crippen LogP contribution in [0.2, 0.25) is 5.02 Å². The zero-order valence-electron chi connectivity index (χ0n) is 13.4. The molecular weight excluding hydrogens is 364 g/mol. The lowest BCUT2D eigenvalue weighted by Gasteiger charge is -2.30. The molecule has 0 radical (unpaired) electrons. The molecule has 0 unspecified atom stereocenters. The monoisotopic (exact) mass is 382 g/mol. The number of rotatable bonds is 5. The van der Waals surface area contributed by atoms with E-state index in [9.17, 15) is 4.79 Å². The Morgan fingerprint density at radius 3 is 2.83 bits per heavy atom. The van der Waals surface area contributed by atoms with Gasteiger partial charge in [0.25, 0.3) is 0 Å². The van der Waals surface area contributed by atoms with Gasteiger partial charge in [0, 0.05) is 18.1 Å². The van der Waals surface area contributed by atoms with Crippen LogP contribution in [0.1, 0.15) is 24.3 Å². The number of carbonyl (C=O) groups is 1. The van der Waals surface area contributed by atoms with Crippen molar-refractivity contribution in [3.05, 3.63) is 28.2 Å². The van der Waals surface area contributed by atoms with Crippen molar-refractivity contribution in [1.82, 2.24) is 10.2 Å². The molecule has 2 aromatic rings. The second-order valence-electron chi connectivity index (χ2n) is 5.63. The van der Waals surface area contributed by atoms with Crippen molar-refractivity contribution in [2.24, 2.45) is 0 Å². The summed E-state index contributed by atoms with van der Waals surface area (Å²) in [6.07, 6.45) is 3.63. The van der Waals surface area contributed by atoms with E-state index >= 15 is 0 Å². The van der Waals surface area contributed by atoms with Crippen LogP contribution in [0.5, 0.6) is 0 Å². The molecule has 0 saturated carbocycles. The summed E-state index contributed by atoms with van der Waals surface area (Å²) >= 11 is 9.02. The molecule has 8 heteroatoms. The van der Waals surface area contributed by atoms with Crippen molar-refractivity contribution < 1.29 is 4.79 Å². The fourth-order valence-electron chi connectivity index (χ4n) is 2.67. The van der Waals surface area contributed by atoms with Gasteiger partial charge in [-0.15, -0.1) is 10.2 Å². The van der Waals surface area contributed by atoms with Gasteiger partial charge in [0.2, 0.25) is 5.91 Å². The van der Waals surface area contributed by atoms with E-state index in [1.54, 1.807) is 0 Å². The maximum absolute atomic E-state index is 12.3. The van der Waals surface area contributed by atoms with Crippen molar-refractivity contribution in [2.75, 3.05) is 29.1 Å². The SMILES string of the molecule is Cc1nnc(SCC(=O)Nc2cc(Cl)ccc2N2CCCCC2)s1. The number of hydrogen-bond donors (Lipinski definition) is 1. The summed E-state index contributed by atoms with van der Waals surface area (Å²) in [5.74, 6) is 0.244. The normalized spacial score (nSPS) is 14.7. The number of amides is 1. The molecule has 1 N–H and O–H groups in total. The zero-order valence-corrected chi connectivity index (χ0v) is 15.8. The number of nitrogens with one attached hydrogen (secondary N) is 1. The van der Waals surface area contributed by atoms with E-state index in [-0.39, 0.29) is 5.91 Å².